The summed E-state index contributed by atoms with van der Waals surface area (Å²) in [6.45, 7) is 4.27. The number of nitrogens with one attached hydrogen (secondary N) is 1. The van der Waals surface area contributed by atoms with Crippen molar-refractivity contribution in [2.75, 3.05) is 5.32 Å². The van der Waals surface area contributed by atoms with Crippen LogP contribution in [0.1, 0.15) is 31.0 Å². The molecule has 3 aromatic rings. The number of pyridine rings is 1. The zero-order valence-electron chi connectivity index (χ0n) is 12.0. The molecule has 1 aromatic carbocycles. The first kappa shape index (κ1) is 14.1. The molecule has 0 spiro atoms. The summed E-state index contributed by atoms with van der Waals surface area (Å²) < 4.78 is 2.70. The molecule has 4 nitrogen and oxygen atoms in total. The second-order valence-corrected chi connectivity index (χ2v) is 5.88. The van der Waals surface area contributed by atoms with E-state index in [4.69, 9.17) is 0 Å². The van der Waals surface area contributed by atoms with Crippen molar-refractivity contribution in [3.05, 3.63) is 58.2 Å². The zero-order valence-corrected chi connectivity index (χ0v) is 13.6. The van der Waals surface area contributed by atoms with Gasteiger partial charge in [0.1, 0.15) is 0 Å². The predicted octanol–water partition coefficient (Wildman–Crippen LogP) is 4.23. The third-order valence-corrected chi connectivity index (χ3v) is 4.17. The fourth-order valence-electron chi connectivity index (χ4n) is 2.25. The fourth-order valence-corrected chi connectivity index (χ4v) is 2.68. The van der Waals surface area contributed by atoms with Crippen LogP contribution in [0.2, 0.25) is 0 Å². The van der Waals surface area contributed by atoms with E-state index in [1.54, 1.807) is 4.52 Å². The van der Waals surface area contributed by atoms with Crippen LogP contribution in [0, 0.1) is 0 Å². The number of rotatable bonds is 4. The van der Waals surface area contributed by atoms with Crippen LogP contribution in [0.25, 0.3) is 5.65 Å². The molecule has 0 aliphatic rings. The molecule has 0 amide bonds. The van der Waals surface area contributed by atoms with Gasteiger partial charge in [-0.25, -0.2) is 4.52 Å². The first-order valence-electron chi connectivity index (χ1n) is 7.03. The summed E-state index contributed by atoms with van der Waals surface area (Å²) in [4.78, 5) is 4.51. The lowest BCUT2D eigenvalue weighted by Gasteiger charge is -2.13. The van der Waals surface area contributed by atoms with Gasteiger partial charge in [-0.2, -0.15) is 4.98 Å². The second kappa shape index (κ2) is 5.85. The molecule has 0 fully saturated rings. The first-order valence-corrected chi connectivity index (χ1v) is 7.83. The first-order chi connectivity index (χ1) is 10.2. The Morgan fingerprint density at radius 2 is 2.00 bits per heavy atom. The van der Waals surface area contributed by atoms with Crippen LogP contribution < -0.4 is 5.32 Å². The van der Waals surface area contributed by atoms with E-state index < -0.39 is 0 Å². The standard InChI is InChI=1S/C16H17BrN4/c1-3-12-6-8-13(9-7-12)11(2)18-16-19-15-14(17)5-4-10-21(15)20-16/h4-11H,3H2,1-2H3,(H,18,20). The molecule has 1 atom stereocenters. The Morgan fingerprint density at radius 3 is 2.67 bits per heavy atom. The van der Waals surface area contributed by atoms with Gasteiger partial charge in [-0.3, -0.25) is 0 Å². The smallest absolute Gasteiger partial charge is 0.243 e. The number of fused-ring (bicyclic) bond motifs is 1. The molecule has 0 bridgehead atoms. The Kier molecular flexibility index (Phi) is 3.92. The summed E-state index contributed by atoms with van der Waals surface area (Å²) >= 11 is 3.49. The monoisotopic (exact) mass is 344 g/mol. The van der Waals surface area contributed by atoms with Crippen molar-refractivity contribution in [1.82, 2.24) is 14.6 Å². The van der Waals surface area contributed by atoms with Crippen molar-refractivity contribution in [2.45, 2.75) is 26.3 Å². The van der Waals surface area contributed by atoms with Gasteiger partial charge in [-0.1, -0.05) is 31.2 Å². The van der Waals surface area contributed by atoms with E-state index in [0.717, 1.165) is 16.5 Å². The summed E-state index contributed by atoms with van der Waals surface area (Å²) in [6.07, 6.45) is 2.95. The Morgan fingerprint density at radius 1 is 1.24 bits per heavy atom. The maximum atomic E-state index is 4.51. The van der Waals surface area contributed by atoms with Crippen LogP contribution in [0.5, 0.6) is 0 Å². The van der Waals surface area contributed by atoms with Gasteiger partial charge in [-0.05, 0) is 52.5 Å². The number of hydrogen-bond acceptors (Lipinski definition) is 3. The minimum absolute atomic E-state index is 0.159. The molecule has 2 aromatic heterocycles. The average molecular weight is 345 g/mol. The highest BCUT2D eigenvalue weighted by molar-refractivity contribution is 9.10. The molecule has 5 heteroatoms. The highest BCUT2D eigenvalue weighted by Gasteiger charge is 2.10. The van der Waals surface area contributed by atoms with Gasteiger partial charge in [0.25, 0.3) is 0 Å². The van der Waals surface area contributed by atoms with Gasteiger partial charge in [0, 0.05) is 6.20 Å². The van der Waals surface area contributed by atoms with Crippen molar-refractivity contribution in [3.63, 3.8) is 0 Å². The van der Waals surface area contributed by atoms with Crippen LogP contribution in [-0.2, 0) is 6.42 Å². The predicted molar refractivity (Wildman–Crippen MR) is 88.5 cm³/mol. The third kappa shape index (κ3) is 2.93. The van der Waals surface area contributed by atoms with Crippen molar-refractivity contribution in [2.24, 2.45) is 0 Å². The highest BCUT2D eigenvalue weighted by Crippen LogP contribution is 2.21. The molecule has 3 rings (SSSR count). The van der Waals surface area contributed by atoms with Crippen LogP contribution in [0.4, 0.5) is 5.95 Å². The Labute approximate surface area is 132 Å². The van der Waals surface area contributed by atoms with E-state index >= 15 is 0 Å². The lowest BCUT2D eigenvalue weighted by Crippen LogP contribution is -2.08. The Balaban J connectivity index is 1.81. The van der Waals surface area contributed by atoms with Crippen LogP contribution >= 0.6 is 15.9 Å². The zero-order chi connectivity index (χ0) is 14.8. The minimum atomic E-state index is 0.159. The quantitative estimate of drug-likeness (QED) is 0.770. The molecule has 0 aliphatic carbocycles. The van der Waals surface area contributed by atoms with E-state index in [-0.39, 0.29) is 6.04 Å². The number of halogens is 1. The molecule has 0 saturated heterocycles. The molecule has 2 heterocycles. The lowest BCUT2D eigenvalue weighted by molar-refractivity contribution is 0.851. The normalized spacial score (nSPS) is 12.5. The minimum Gasteiger partial charge on any atom is -0.346 e. The summed E-state index contributed by atoms with van der Waals surface area (Å²) in [5, 5.41) is 7.79. The van der Waals surface area contributed by atoms with Crippen LogP contribution in [0.15, 0.2) is 47.1 Å². The van der Waals surface area contributed by atoms with Crippen LogP contribution in [-0.4, -0.2) is 14.6 Å². The van der Waals surface area contributed by atoms with E-state index in [9.17, 15) is 0 Å². The van der Waals surface area contributed by atoms with Crippen LogP contribution in [0.3, 0.4) is 0 Å². The maximum absolute atomic E-state index is 4.51. The number of benzene rings is 1. The summed E-state index contributed by atoms with van der Waals surface area (Å²) in [5.41, 5.74) is 3.39. The molecule has 1 unspecified atom stereocenters. The molecule has 0 saturated carbocycles. The topological polar surface area (TPSA) is 42.2 Å². The van der Waals surface area contributed by atoms with Gasteiger partial charge in [0.2, 0.25) is 5.95 Å². The number of nitrogens with zero attached hydrogens (tertiary/aromatic N) is 3. The summed E-state index contributed by atoms with van der Waals surface area (Å²) in [7, 11) is 0. The van der Waals surface area contributed by atoms with E-state index in [1.165, 1.54) is 11.1 Å². The molecular formula is C16H17BrN4. The van der Waals surface area contributed by atoms with Crippen molar-refractivity contribution >= 4 is 27.5 Å². The lowest BCUT2D eigenvalue weighted by atomic mass is 10.1. The highest BCUT2D eigenvalue weighted by atomic mass is 79.9. The molecule has 1 N–H and O–H groups in total. The maximum Gasteiger partial charge on any atom is 0.243 e. The third-order valence-electron chi connectivity index (χ3n) is 3.55. The number of aromatic nitrogens is 3. The number of aryl methyl sites for hydroxylation is 1. The number of anilines is 1. The Hall–Kier alpha value is -1.88. The summed E-state index contributed by atoms with van der Waals surface area (Å²) in [5.74, 6) is 0.633. The molecule has 0 aliphatic heterocycles. The number of hydrogen-bond donors (Lipinski definition) is 1. The van der Waals surface area contributed by atoms with Crippen molar-refractivity contribution < 1.29 is 0 Å². The van der Waals surface area contributed by atoms with Gasteiger partial charge >= 0.3 is 0 Å². The average Bonchev–Trinajstić information content (AvgIpc) is 2.91. The van der Waals surface area contributed by atoms with Gasteiger partial charge in [-0.15, -0.1) is 5.10 Å². The molecule has 0 radical (unpaired) electrons. The van der Waals surface area contributed by atoms with E-state index in [2.05, 4.69) is 69.4 Å². The fraction of sp³-hybridized carbons (Fsp3) is 0.250. The van der Waals surface area contributed by atoms with Gasteiger partial charge in [0.05, 0.1) is 10.5 Å². The van der Waals surface area contributed by atoms with Crippen molar-refractivity contribution in [1.29, 1.82) is 0 Å². The molecule has 21 heavy (non-hydrogen) atoms. The second-order valence-electron chi connectivity index (χ2n) is 5.02. The van der Waals surface area contributed by atoms with Crippen molar-refractivity contribution in [3.8, 4) is 0 Å². The van der Waals surface area contributed by atoms with Gasteiger partial charge < -0.3 is 5.32 Å². The molecule has 108 valence electrons. The van der Waals surface area contributed by atoms with E-state index in [1.807, 2.05) is 18.3 Å². The Bertz CT molecular complexity index is 749. The summed E-state index contributed by atoms with van der Waals surface area (Å²) in [6, 6.07) is 12.7. The van der Waals surface area contributed by atoms with E-state index in [0.29, 0.717) is 5.95 Å². The molecular weight excluding hydrogens is 328 g/mol. The van der Waals surface area contributed by atoms with Gasteiger partial charge in [0.15, 0.2) is 5.65 Å². The SMILES string of the molecule is CCc1ccc(C(C)Nc2nc3c(Br)cccn3n2)cc1. The largest absolute Gasteiger partial charge is 0.346 e.